The summed E-state index contributed by atoms with van der Waals surface area (Å²) >= 11 is 0. The molecule has 156 valence electrons. The topological polar surface area (TPSA) is 61.4 Å². The molecule has 0 radical (unpaired) electrons. The monoisotopic (exact) mass is 395 g/mol. The van der Waals surface area contributed by atoms with Gasteiger partial charge in [-0.2, -0.15) is 0 Å². The Labute approximate surface area is 165 Å². The fourth-order valence-corrected chi connectivity index (χ4v) is 3.63. The number of amides is 2. The zero-order valence-electron chi connectivity index (χ0n) is 16.9. The molecule has 1 aromatic rings. The van der Waals surface area contributed by atoms with Crippen LogP contribution in [0.1, 0.15) is 56.3 Å². The lowest BCUT2D eigenvalue weighted by molar-refractivity contribution is -0.124. The van der Waals surface area contributed by atoms with Gasteiger partial charge in [-0.3, -0.25) is 9.59 Å². The molecule has 2 N–H and O–H groups in total. The molecule has 28 heavy (non-hydrogen) atoms. The summed E-state index contributed by atoms with van der Waals surface area (Å²) in [7, 11) is 2.06. The number of nitrogens with zero attached hydrogens (tertiary/aromatic N) is 1. The molecule has 0 aromatic heterocycles. The van der Waals surface area contributed by atoms with Gasteiger partial charge in [0, 0.05) is 19.1 Å². The molecular weight excluding hydrogens is 364 g/mol. The summed E-state index contributed by atoms with van der Waals surface area (Å²) in [5.74, 6) is -3.40. The highest BCUT2D eigenvalue weighted by atomic mass is 19.1. The van der Waals surface area contributed by atoms with E-state index >= 15 is 0 Å². The predicted octanol–water partition coefficient (Wildman–Crippen LogP) is 3.10. The van der Waals surface area contributed by atoms with Gasteiger partial charge < -0.3 is 15.5 Å². The molecule has 1 aliphatic rings. The number of hydrogen-bond donors (Lipinski definition) is 2. The van der Waals surface area contributed by atoms with Crippen LogP contribution in [0.5, 0.6) is 0 Å². The van der Waals surface area contributed by atoms with Crippen LogP contribution in [0.15, 0.2) is 18.2 Å². The number of carbonyl (C=O) groups is 2. The second-order valence-corrected chi connectivity index (χ2v) is 7.86. The van der Waals surface area contributed by atoms with Crippen molar-refractivity contribution in [2.24, 2.45) is 5.92 Å². The van der Waals surface area contributed by atoms with Gasteiger partial charge in [0.1, 0.15) is 23.2 Å². The normalized spacial score (nSPS) is 16.2. The van der Waals surface area contributed by atoms with Crippen LogP contribution in [0, 0.1) is 17.6 Å². The van der Waals surface area contributed by atoms with Crippen molar-refractivity contribution in [3.05, 3.63) is 35.4 Å². The molecule has 0 heterocycles. The number of likely N-dealkylation sites (N-methyl/N-ethyl adjacent to an activating group) is 1. The highest BCUT2D eigenvalue weighted by Crippen LogP contribution is 2.21. The van der Waals surface area contributed by atoms with E-state index in [0.29, 0.717) is 12.6 Å². The lowest BCUT2D eigenvalue weighted by Crippen LogP contribution is -2.51. The molecule has 1 aromatic carbocycles. The summed E-state index contributed by atoms with van der Waals surface area (Å²) in [6.07, 6.45) is 6.15. The molecular formula is C21H31F2N3O2. The van der Waals surface area contributed by atoms with E-state index in [1.165, 1.54) is 38.2 Å². The Morgan fingerprint density at radius 1 is 1.14 bits per heavy atom. The number of hydrogen-bond acceptors (Lipinski definition) is 3. The summed E-state index contributed by atoms with van der Waals surface area (Å²) in [5, 5.41) is 5.31. The quantitative estimate of drug-likeness (QED) is 0.711. The minimum atomic E-state index is -0.950. The SMILES string of the molecule is CC(C)C(NC(=O)c1c(F)cccc1F)C(=O)NCCN(C)C1CCCCC1. The van der Waals surface area contributed by atoms with Gasteiger partial charge in [-0.05, 0) is 37.9 Å². The first-order valence-electron chi connectivity index (χ1n) is 10.0. The molecule has 1 fully saturated rings. The number of halogens is 2. The molecule has 5 nitrogen and oxygen atoms in total. The van der Waals surface area contributed by atoms with Gasteiger partial charge in [0.15, 0.2) is 0 Å². The van der Waals surface area contributed by atoms with Crippen molar-refractivity contribution in [2.75, 3.05) is 20.1 Å². The average Bonchev–Trinajstić information content (AvgIpc) is 2.66. The van der Waals surface area contributed by atoms with Gasteiger partial charge in [0.2, 0.25) is 5.91 Å². The van der Waals surface area contributed by atoms with Gasteiger partial charge in [0.05, 0.1) is 0 Å². The van der Waals surface area contributed by atoms with Crippen molar-refractivity contribution >= 4 is 11.8 Å². The van der Waals surface area contributed by atoms with Crippen LogP contribution in [-0.2, 0) is 4.79 Å². The summed E-state index contributed by atoms with van der Waals surface area (Å²) in [6, 6.07) is 2.91. The predicted molar refractivity (Wildman–Crippen MR) is 105 cm³/mol. The molecule has 1 atom stereocenters. The number of carbonyl (C=O) groups excluding carboxylic acids is 2. The van der Waals surface area contributed by atoms with Crippen LogP contribution < -0.4 is 10.6 Å². The Hall–Kier alpha value is -2.02. The first-order valence-corrected chi connectivity index (χ1v) is 10.0. The Morgan fingerprint density at radius 2 is 1.75 bits per heavy atom. The number of rotatable bonds is 8. The fourth-order valence-electron chi connectivity index (χ4n) is 3.63. The molecule has 1 saturated carbocycles. The third-order valence-electron chi connectivity index (χ3n) is 5.39. The maximum absolute atomic E-state index is 13.8. The van der Waals surface area contributed by atoms with Crippen LogP contribution in [-0.4, -0.2) is 48.9 Å². The molecule has 0 saturated heterocycles. The highest BCUT2D eigenvalue weighted by Gasteiger charge is 2.27. The van der Waals surface area contributed by atoms with Crippen molar-refractivity contribution in [3.63, 3.8) is 0 Å². The van der Waals surface area contributed by atoms with Crippen LogP contribution in [0.25, 0.3) is 0 Å². The Kier molecular flexibility index (Phi) is 8.35. The lowest BCUT2D eigenvalue weighted by atomic mass is 9.94. The van der Waals surface area contributed by atoms with Crippen LogP contribution in [0.4, 0.5) is 8.78 Å². The van der Waals surface area contributed by atoms with Crippen molar-refractivity contribution < 1.29 is 18.4 Å². The first kappa shape index (κ1) is 22.3. The van der Waals surface area contributed by atoms with Crippen LogP contribution in [0.2, 0.25) is 0 Å². The van der Waals surface area contributed by atoms with Gasteiger partial charge in [-0.15, -0.1) is 0 Å². The van der Waals surface area contributed by atoms with Crippen molar-refractivity contribution in [1.29, 1.82) is 0 Å². The van der Waals surface area contributed by atoms with E-state index in [1.54, 1.807) is 13.8 Å². The van der Waals surface area contributed by atoms with Gasteiger partial charge in [0.25, 0.3) is 5.91 Å². The van der Waals surface area contributed by atoms with Gasteiger partial charge in [-0.25, -0.2) is 8.78 Å². The molecule has 2 amide bonds. The third-order valence-corrected chi connectivity index (χ3v) is 5.39. The maximum Gasteiger partial charge on any atom is 0.257 e. The molecule has 1 aliphatic carbocycles. The van der Waals surface area contributed by atoms with Gasteiger partial charge >= 0.3 is 0 Å². The smallest absolute Gasteiger partial charge is 0.257 e. The van der Waals surface area contributed by atoms with E-state index in [-0.39, 0.29) is 11.8 Å². The number of nitrogens with one attached hydrogen (secondary N) is 2. The highest BCUT2D eigenvalue weighted by molar-refractivity contribution is 5.98. The van der Waals surface area contributed by atoms with E-state index < -0.39 is 29.1 Å². The lowest BCUT2D eigenvalue weighted by Gasteiger charge is -2.31. The summed E-state index contributed by atoms with van der Waals surface area (Å²) in [5.41, 5.74) is -0.669. The molecule has 7 heteroatoms. The standard InChI is InChI=1S/C21H31F2N3O2/c1-14(2)19(25-20(27)18-16(22)10-7-11-17(18)23)21(28)24-12-13-26(3)15-8-5-4-6-9-15/h7,10-11,14-15,19H,4-6,8-9,12-13H2,1-3H3,(H,24,28)(H,25,27). The second kappa shape index (κ2) is 10.5. The van der Waals surface area contributed by atoms with Crippen molar-refractivity contribution in [3.8, 4) is 0 Å². The minimum absolute atomic E-state index is 0.227. The summed E-state index contributed by atoms with van der Waals surface area (Å²) in [4.78, 5) is 27.1. The zero-order chi connectivity index (χ0) is 20.7. The van der Waals surface area contributed by atoms with Crippen molar-refractivity contribution in [1.82, 2.24) is 15.5 Å². The fraction of sp³-hybridized carbons (Fsp3) is 0.619. The van der Waals surface area contributed by atoms with Gasteiger partial charge in [-0.1, -0.05) is 39.2 Å². The summed E-state index contributed by atoms with van der Waals surface area (Å²) in [6.45, 7) is 4.73. The van der Waals surface area contributed by atoms with E-state index in [1.807, 2.05) is 0 Å². The Bertz CT molecular complexity index is 655. The summed E-state index contributed by atoms with van der Waals surface area (Å²) < 4.78 is 27.6. The second-order valence-electron chi connectivity index (χ2n) is 7.86. The third kappa shape index (κ3) is 5.99. The first-order chi connectivity index (χ1) is 13.3. The molecule has 1 unspecified atom stereocenters. The molecule has 0 spiro atoms. The molecule has 0 bridgehead atoms. The Morgan fingerprint density at radius 3 is 2.32 bits per heavy atom. The number of benzene rings is 1. The van der Waals surface area contributed by atoms with Crippen LogP contribution >= 0.6 is 0 Å². The molecule has 2 rings (SSSR count). The molecule has 0 aliphatic heterocycles. The zero-order valence-corrected chi connectivity index (χ0v) is 16.9. The minimum Gasteiger partial charge on any atom is -0.353 e. The Balaban J connectivity index is 1.90. The average molecular weight is 395 g/mol. The van der Waals surface area contributed by atoms with E-state index in [4.69, 9.17) is 0 Å². The van der Waals surface area contributed by atoms with Crippen molar-refractivity contribution in [2.45, 2.75) is 58.0 Å². The maximum atomic E-state index is 13.8. The van der Waals surface area contributed by atoms with E-state index in [9.17, 15) is 18.4 Å². The van der Waals surface area contributed by atoms with E-state index in [0.717, 1.165) is 18.7 Å². The largest absolute Gasteiger partial charge is 0.353 e. The van der Waals surface area contributed by atoms with Crippen LogP contribution in [0.3, 0.4) is 0 Å². The van der Waals surface area contributed by atoms with E-state index in [2.05, 4.69) is 22.6 Å².